The van der Waals surface area contributed by atoms with Gasteiger partial charge in [-0.3, -0.25) is 0 Å². The smallest absolute Gasteiger partial charge is 0.170 e. The first-order valence-electron chi connectivity index (χ1n) is 7.49. The van der Waals surface area contributed by atoms with E-state index < -0.39 is 0 Å². The van der Waals surface area contributed by atoms with Crippen LogP contribution < -0.4 is 10.6 Å². The standard InChI is InChI=1S/C18H21ClN2S2/c1-13-3-4-14(2)17(11-13)21-18(22)20-9-10-23-12-15-5-7-16(19)8-6-15/h3-8,11H,9-10,12H2,1-2H3,(H2,20,21,22). The molecule has 2 N–H and O–H groups in total. The van der Waals surface area contributed by atoms with Gasteiger partial charge in [0.05, 0.1) is 0 Å². The lowest BCUT2D eigenvalue weighted by molar-refractivity contribution is 0.989. The predicted octanol–water partition coefficient (Wildman–Crippen LogP) is 5.18. The van der Waals surface area contributed by atoms with Crippen LogP contribution in [0.1, 0.15) is 16.7 Å². The van der Waals surface area contributed by atoms with Gasteiger partial charge in [0.15, 0.2) is 5.11 Å². The molecule has 2 aromatic rings. The van der Waals surface area contributed by atoms with Crippen molar-refractivity contribution in [3.8, 4) is 0 Å². The van der Waals surface area contributed by atoms with E-state index in [-0.39, 0.29) is 0 Å². The van der Waals surface area contributed by atoms with E-state index in [4.69, 9.17) is 23.8 Å². The average Bonchev–Trinajstić information content (AvgIpc) is 2.52. The van der Waals surface area contributed by atoms with Gasteiger partial charge in [0.25, 0.3) is 0 Å². The normalized spacial score (nSPS) is 10.4. The molecule has 2 nitrogen and oxygen atoms in total. The van der Waals surface area contributed by atoms with Crippen LogP contribution in [0.5, 0.6) is 0 Å². The van der Waals surface area contributed by atoms with Gasteiger partial charge in [0.2, 0.25) is 0 Å². The Morgan fingerprint density at radius 1 is 1.13 bits per heavy atom. The molecule has 0 spiro atoms. The van der Waals surface area contributed by atoms with Crippen LogP contribution in [0.4, 0.5) is 5.69 Å². The van der Waals surface area contributed by atoms with Gasteiger partial charge in [-0.25, -0.2) is 0 Å². The van der Waals surface area contributed by atoms with E-state index >= 15 is 0 Å². The van der Waals surface area contributed by atoms with Gasteiger partial charge < -0.3 is 10.6 Å². The first-order valence-corrected chi connectivity index (χ1v) is 9.43. The number of hydrogen-bond acceptors (Lipinski definition) is 2. The van der Waals surface area contributed by atoms with E-state index in [9.17, 15) is 0 Å². The first-order chi connectivity index (χ1) is 11.0. The third-order valence-corrected chi connectivity index (χ3v) is 4.88. The number of hydrogen-bond donors (Lipinski definition) is 2. The lowest BCUT2D eigenvalue weighted by Crippen LogP contribution is -2.30. The molecular formula is C18H21ClN2S2. The van der Waals surface area contributed by atoms with E-state index in [2.05, 4.69) is 54.8 Å². The first kappa shape index (κ1) is 18.1. The maximum atomic E-state index is 5.88. The molecule has 0 unspecified atom stereocenters. The Kier molecular flexibility index (Phi) is 7.21. The van der Waals surface area contributed by atoms with Gasteiger partial charge in [-0.15, -0.1) is 0 Å². The lowest BCUT2D eigenvalue weighted by Gasteiger charge is -2.13. The van der Waals surface area contributed by atoms with Gasteiger partial charge in [0.1, 0.15) is 0 Å². The number of nitrogens with one attached hydrogen (secondary N) is 2. The minimum Gasteiger partial charge on any atom is -0.362 e. The SMILES string of the molecule is Cc1ccc(C)c(NC(=S)NCCSCc2ccc(Cl)cc2)c1. The Labute approximate surface area is 153 Å². The van der Waals surface area contributed by atoms with Crippen molar-refractivity contribution in [2.24, 2.45) is 0 Å². The largest absolute Gasteiger partial charge is 0.362 e. The van der Waals surface area contributed by atoms with Crippen molar-refractivity contribution >= 4 is 46.4 Å². The molecule has 0 radical (unpaired) electrons. The summed E-state index contributed by atoms with van der Waals surface area (Å²) in [6, 6.07) is 14.3. The molecule has 0 saturated heterocycles. The molecule has 0 bridgehead atoms. The van der Waals surface area contributed by atoms with E-state index in [0.717, 1.165) is 28.8 Å². The zero-order valence-electron chi connectivity index (χ0n) is 13.4. The molecule has 0 aliphatic carbocycles. The van der Waals surface area contributed by atoms with Crippen molar-refractivity contribution in [1.29, 1.82) is 0 Å². The van der Waals surface area contributed by atoms with E-state index in [0.29, 0.717) is 5.11 Å². The Morgan fingerprint density at radius 2 is 1.87 bits per heavy atom. The monoisotopic (exact) mass is 364 g/mol. The number of anilines is 1. The van der Waals surface area contributed by atoms with E-state index in [1.165, 1.54) is 16.7 Å². The minimum absolute atomic E-state index is 0.672. The summed E-state index contributed by atoms with van der Waals surface area (Å²) in [7, 11) is 0. The predicted molar refractivity (Wildman–Crippen MR) is 108 cm³/mol. The summed E-state index contributed by atoms with van der Waals surface area (Å²) in [5, 5.41) is 7.97. The molecule has 5 heteroatoms. The summed E-state index contributed by atoms with van der Waals surface area (Å²) in [6.45, 7) is 5.00. The van der Waals surface area contributed by atoms with Crippen LogP contribution in [0.3, 0.4) is 0 Å². The van der Waals surface area contributed by atoms with E-state index in [1.54, 1.807) is 0 Å². The van der Waals surface area contributed by atoms with Crippen molar-refractivity contribution in [1.82, 2.24) is 5.32 Å². The zero-order valence-corrected chi connectivity index (χ0v) is 15.7. The van der Waals surface area contributed by atoms with Crippen LogP contribution >= 0.6 is 35.6 Å². The van der Waals surface area contributed by atoms with Crippen LogP contribution in [0.2, 0.25) is 5.02 Å². The molecule has 0 fully saturated rings. The topological polar surface area (TPSA) is 24.1 Å². The second kappa shape index (κ2) is 9.16. The maximum Gasteiger partial charge on any atom is 0.170 e. The summed E-state index contributed by atoms with van der Waals surface area (Å²) in [5.41, 5.74) is 4.77. The van der Waals surface area contributed by atoms with Crippen LogP contribution in [0, 0.1) is 13.8 Å². The molecule has 0 aromatic heterocycles. The number of benzene rings is 2. The average molecular weight is 365 g/mol. The van der Waals surface area contributed by atoms with Gasteiger partial charge >= 0.3 is 0 Å². The number of rotatable bonds is 6. The van der Waals surface area contributed by atoms with Crippen molar-refractivity contribution in [2.75, 3.05) is 17.6 Å². The molecule has 0 heterocycles. The van der Waals surface area contributed by atoms with Crippen molar-refractivity contribution in [3.63, 3.8) is 0 Å². The van der Waals surface area contributed by atoms with Crippen LogP contribution in [0.15, 0.2) is 42.5 Å². The van der Waals surface area contributed by atoms with Gasteiger partial charge in [-0.1, -0.05) is 35.9 Å². The van der Waals surface area contributed by atoms with Gasteiger partial charge in [-0.2, -0.15) is 11.8 Å². The Bertz CT molecular complexity index is 657. The van der Waals surface area contributed by atoms with Crippen LogP contribution in [-0.4, -0.2) is 17.4 Å². The fourth-order valence-corrected chi connectivity index (χ4v) is 3.20. The molecule has 0 amide bonds. The molecule has 23 heavy (non-hydrogen) atoms. The van der Waals surface area contributed by atoms with Crippen molar-refractivity contribution in [2.45, 2.75) is 19.6 Å². The molecule has 0 aliphatic heterocycles. The van der Waals surface area contributed by atoms with Crippen molar-refractivity contribution in [3.05, 3.63) is 64.2 Å². The number of aryl methyl sites for hydroxylation is 2. The Hall–Kier alpha value is -1.23. The van der Waals surface area contributed by atoms with E-state index in [1.807, 2.05) is 23.9 Å². The molecule has 0 atom stereocenters. The molecule has 2 aromatic carbocycles. The molecule has 0 saturated carbocycles. The number of halogens is 1. The molecule has 2 rings (SSSR count). The van der Waals surface area contributed by atoms with Crippen LogP contribution in [0.25, 0.3) is 0 Å². The summed E-state index contributed by atoms with van der Waals surface area (Å²) in [5.74, 6) is 1.98. The fourth-order valence-electron chi connectivity index (χ4n) is 2.04. The summed E-state index contributed by atoms with van der Waals surface area (Å²) < 4.78 is 0. The maximum absolute atomic E-state index is 5.88. The summed E-state index contributed by atoms with van der Waals surface area (Å²) in [6.07, 6.45) is 0. The quantitative estimate of drug-likeness (QED) is 0.545. The third kappa shape index (κ3) is 6.42. The Balaban J connectivity index is 1.67. The highest BCUT2D eigenvalue weighted by Gasteiger charge is 2.01. The molecule has 0 aliphatic rings. The van der Waals surface area contributed by atoms with Crippen molar-refractivity contribution < 1.29 is 0 Å². The summed E-state index contributed by atoms with van der Waals surface area (Å²) in [4.78, 5) is 0. The Morgan fingerprint density at radius 3 is 2.61 bits per heavy atom. The van der Waals surface area contributed by atoms with Gasteiger partial charge in [-0.05, 0) is 61.0 Å². The number of thiocarbonyl (C=S) groups is 1. The highest BCUT2D eigenvalue weighted by molar-refractivity contribution is 7.98. The molecule has 122 valence electrons. The van der Waals surface area contributed by atoms with Crippen LogP contribution in [-0.2, 0) is 5.75 Å². The highest BCUT2D eigenvalue weighted by atomic mass is 35.5. The minimum atomic E-state index is 0.672. The van der Waals surface area contributed by atoms with Gasteiger partial charge in [0, 0.05) is 28.8 Å². The second-order valence-electron chi connectivity index (χ2n) is 5.38. The fraction of sp³-hybridized carbons (Fsp3) is 0.278. The second-order valence-corrected chi connectivity index (χ2v) is 7.33. The molecular weight excluding hydrogens is 344 g/mol. The zero-order chi connectivity index (χ0) is 16.7. The summed E-state index contributed by atoms with van der Waals surface area (Å²) >= 11 is 13.1. The highest BCUT2D eigenvalue weighted by Crippen LogP contribution is 2.16. The lowest BCUT2D eigenvalue weighted by atomic mass is 10.1. The third-order valence-electron chi connectivity index (χ3n) is 3.36. The number of thioether (sulfide) groups is 1.